The Morgan fingerprint density at radius 2 is 2.08 bits per heavy atom. The van der Waals surface area contributed by atoms with E-state index >= 15 is 0 Å². The van der Waals surface area contributed by atoms with Crippen LogP contribution in [0.3, 0.4) is 0 Å². The molecule has 0 unspecified atom stereocenters. The fraction of sp³-hybridized carbons (Fsp3) is 0.143. The van der Waals surface area contributed by atoms with Gasteiger partial charge < -0.3 is 19.3 Å². The third-order valence-electron chi connectivity index (χ3n) is 3.67. The number of hydrogen-bond donors (Lipinski definition) is 3. The summed E-state index contributed by atoms with van der Waals surface area (Å²) in [5.74, 6) is 0. The average molecular weight is 361 g/mol. The smallest absolute Gasteiger partial charge is 0.323 e. The largest absolute Gasteiger partial charge is 0.345 e. The summed E-state index contributed by atoms with van der Waals surface area (Å²) in [5.41, 5.74) is -0.228. The van der Waals surface area contributed by atoms with Crippen LogP contribution in [0.15, 0.2) is 34.1 Å². The molecule has 3 aromatic rings. The molecule has 0 radical (unpaired) electrons. The number of nitriles is 1. The number of hydrogen-bond acceptors (Lipinski definition) is 5. The SMILES string of the molecule is Cc1c(C#N)ncn1-c1ccc2c(c1)[nH]c(=O)c(=O)n2CP(=O)(O)O. The molecule has 0 fully saturated rings. The first-order valence-corrected chi connectivity index (χ1v) is 8.77. The lowest BCUT2D eigenvalue weighted by atomic mass is 10.2. The Morgan fingerprint density at radius 1 is 1.36 bits per heavy atom. The lowest BCUT2D eigenvalue weighted by Crippen LogP contribution is -2.36. The summed E-state index contributed by atoms with van der Waals surface area (Å²) in [6, 6.07) is 6.53. The van der Waals surface area contributed by atoms with Crippen molar-refractivity contribution in [3.63, 3.8) is 0 Å². The molecule has 0 amide bonds. The molecule has 11 heteroatoms. The number of imidazole rings is 1. The van der Waals surface area contributed by atoms with Crippen LogP contribution in [-0.4, -0.2) is 28.9 Å². The Bertz CT molecular complexity index is 1190. The van der Waals surface area contributed by atoms with E-state index in [4.69, 9.17) is 15.0 Å². The molecule has 128 valence electrons. The van der Waals surface area contributed by atoms with Gasteiger partial charge in [0.15, 0.2) is 5.69 Å². The lowest BCUT2D eigenvalue weighted by Gasteiger charge is -2.12. The van der Waals surface area contributed by atoms with Gasteiger partial charge in [-0.2, -0.15) is 5.26 Å². The fourth-order valence-corrected chi connectivity index (χ4v) is 3.17. The van der Waals surface area contributed by atoms with Gasteiger partial charge in [-0.15, -0.1) is 0 Å². The summed E-state index contributed by atoms with van der Waals surface area (Å²) < 4.78 is 13.6. The van der Waals surface area contributed by atoms with Crippen molar-refractivity contribution < 1.29 is 14.4 Å². The van der Waals surface area contributed by atoms with E-state index in [-0.39, 0.29) is 16.7 Å². The molecular formula is C14H12N5O5P. The average Bonchev–Trinajstić information content (AvgIpc) is 2.91. The number of nitrogens with zero attached hydrogens (tertiary/aromatic N) is 4. The molecule has 0 aliphatic rings. The molecule has 0 aliphatic carbocycles. The molecule has 10 nitrogen and oxygen atoms in total. The molecule has 0 spiro atoms. The van der Waals surface area contributed by atoms with E-state index in [1.54, 1.807) is 17.6 Å². The molecule has 0 saturated carbocycles. The molecule has 0 saturated heterocycles. The predicted octanol–water partition coefficient (Wildman–Crippen LogP) is 0.191. The van der Waals surface area contributed by atoms with Crippen molar-refractivity contribution in [2.45, 2.75) is 13.2 Å². The Morgan fingerprint density at radius 3 is 2.68 bits per heavy atom. The second kappa shape index (κ2) is 5.82. The van der Waals surface area contributed by atoms with Crippen molar-refractivity contribution in [2.24, 2.45) is 0 Å². The Kier molecular flexibility index (Phi) is 3.93. The minimum atomic E-state index is -4.56. The first kappa shape index (κ1) is 16.9. The third kappa shape index (κ3) is 3.04. The second-order valence-electron chi connectivity index (χ2n) is 5.36. The maximum Gasteiger partial charge on any atom is 0.345 e. The molecule has 0 bridgehead atoms. The van der Waals surface area contributed by atoms with Gasteiger partial charge in [0.1, 0.15) is 18.7 Å². The highest BCUT2D eigenvalue weighted by atomic mass is 31.2. The summed E-state index contributed by atoms with van der Waals surface area (Å²) in [5, 5.41) is 8.98. The van der Waals surface area contributed by atoms with Crippen LogP contribution in [0.1, 0.15) is 11.4 Å². The summed E-state index contributed by atoms with van der Waals surface area (Å²) in [7, 11) is -4.56. The Balaban J connectivity index is 2.26. The molecule has 3 N–H and O–H groups in total. The highest BCUT2D eigenvalue weighted by Gasteiger charge is 2.19. The van der Waals surface area contributed by atoms with Crippen molar-refractivity contribution >= 4 is 18.6 Å². The van der Waals surface area contributed by atoms with Gasteiger partial charge in [-0.3, -0.25) is 18.7 Å². The van der Waals surface area contributed by atoms with E-state index in [1.165, 1.54) is 18.5 Å². The standard InChI is InChI=1S/C14H12N5O5P/c1-8-11(5-15)16-6-18(8)9-2-3-12-10(4-9)17-13(20)14(21)19(12)7-25(22,23)24/h2-4,6H,7H2,1H3,(H,17,20)(H2,22,23,24). The number of nitrogens with one attached hydrogen (secondary N) is 1. The monoisotopic (exact) mass is 361 g/mol. The number of benzene rings is 1. The maximum atomic E-state index is 11.9. The van der Waals surface area contributed by atoms with Crippen LogP contribution < -0.4 is 11.1 Å². The quantitative estimate of drug-likeness (QED) is 0.444. The number of rotatable bonds is 3. The summed E-state index contributed by atoms with van der Waals surface area (Å²) >= 11 is 0. The highest BCUT2D eigenvalue weighted by Crippen LogP contribution is 2.36. The predicted molar refractivity (Wildman–Crippen MR) is 87.4 cm³/mol. The molecule has 0 atom stereocenters. The van der Waals surface area contributed by atoms with E-state index in [1.807, 2.05) is 6.07 Å². The van der Waals surface area contributed by atoms with Crippen molar-refractivity contribution in [1.29, 1.82) is 5.26 Å². The van der Waals surface area contributed by atoms with Crippen LogP contribution in [0, 0.1) is 18.3 Å². The zero-order valence-corrected chi connectivity index (χ0v) is 13.8. The normalized spacial score (nSPS) is 11.6. The number of aromatic nitrogens is 4. The van der Waals surface area contributed by atoms with Crippen LogP contribution in [-0.2, 0) is 10.9 Å². The molecule has 25 heavy (non-hydrogen) atoms. The van der Waals surface area contributed by atoms with Gasteiger partial charge in [0.25, 0.3) is 0 Å². The maximum absolute atomic E-state index is 11.9. The van der Waals surface area contributed by atoms with Crippen LogP contribution in [0.25, 0.3) is 16.7 Å². The zero-order valence-electron chi connectivity index (χ0n) is 12.9. The molecule has 2 aromatic heterocycles. The number of fused-ring (bicyclic) bond motifs is 1. The first-order chi connectivity index (χ1) is 11.7. The molecule has 2 heterocycles. The van der Waals surface area contributed by atoms with Crippen LogP contribution in [0.5, 0.6) is 0 Å². The summed E-state index contributed by atoms with van der Waals surface area (Å²) in [6.07, 6.45) is 0.549. The van der Waals surface area contributed by atoms with Gasteiger partial charge in [0, 0.05) is 5.69 Å². The minimum Gasteiger partial charge on any atom is -0.323 e. The van der Waals surface area contributed by atoms with Gasteiger partial charge >= 0.3 is 18.7 Å². The van der Waals surface area contributed by atoms with Gasteiger partial charge in [-0.25, -0.2) is 4.98 Å². The second-order valence-corrected chi connectivity index (χ2v) is 6.97. The fourth-order valence-electron chi connectivity index (χ4n) is 2.52. The van der Waals surface area contributed by atoms with Gasteiger partial charge in [-0.05, 0) is 25.1 Å². The van der Waals surface area contributed by atoms with E-state index in [2.05, 4.69) is 9.97 Å². The lowest BCUT2D eigenvalue weighted by molar-refractivity contribution is 0.362. The molecule has 1 aromatic carbocycles. The van der Waals surface area contributed by atoms with Crippen LogP contribution in [0.2, 0.25) is 0 Å². The van der Waals surface area contributed by atoms with Crippen molar-refractivity contribution in [1.82, 2.24) is 19.1 Å². The van der Waals surface area contributed by atoms with Gasteiger partial charge in [-0.1, -0.05) is 0 Å². The summed E-state index contributed by atoms with van der Waals surface area (Å²) in [6.45, 7) is 1.70. The van der Waals surface area contributed by atoms with E-state index in [0.717, 1.165) is 4.57 Å². The van der Waals surface area contributed by atoms with Crippen molar-refractivity contribution in [3.05, 3.63) is 56.6 Å². The zero-order chi connectivity index (χ0) is 18.4. The minimum absolute atomic E-state index is 0.176. The topological polar surface area (TPSA) is 154 Å². The van der Waals surface area contributed by atoms with Crippen molar-refractivity contribution in [2.75, 3.05) is 0 Å². The van der Waals surface area contributed by atoms with E-state index < -0.39 is 25.0 Å². The summed E-state index contributed by atoms with van der Waals surface area (Å²) in [4.78, 5) is 48.4. The van der Waals surface area contributed by atoms with Gasteiger partial charge in [0.05, 0.1) is 16.7 Å². The van der Waals surface area contributed by atoms with Gasteiger partial charge in [0.2, 0.25) is 0 Å². The molecule has 0 aliphatic heterocycles. The highest BCUT2D eigenvalue weighted by molar-refractivity contribution is 7.50. The van der Waals surface area contributed by atoms with E-state index in [0.29, 0.717) is 11.4 Å². The molecule has 3 rings (SSSR count). The Labute approximate surface area is 139 Å². The number of H-pyrrole nitrogens is 1. The van der Waals surface area contributed by atoms with Crippen LogP contribution >= 0.6 is 7.60 Å². The van der Waals surface area contributed by atoms with E-state index in [9.17, 15) is 14.2 Å². The first-order valence-electron chi connectivity index (χ1n) is 6.97. The molecular weight excluding hydrogens is 349 g/mol. The third-order valence-corrected chi connectivity index (χ3v) is 4.33. The number of aromatic amines is 1. The van der Waals surface area contributed by atoms with Crippen molar-refractivity contribution in [3.8, 4) is 11.8 Å². The van der Waals surface area contributed by atoms with Crippen LogP contribution in [0.4, 0.5) is 0 Å². The Hall–Kier alpha value is -2.99.